The first-order chi connectivity index (χ1) is 10.3. The van der Waals surface area contributed by atoms with Gasteiger partial charge >= 0.3 is 6.09 Å². The monoisotopic (exact) mass is 371 g/mol. The molecular formula is C16H22BrNO4. The quantitative estimate of drug-likeness (QED) is 0.582. The molecule has 6 heteroatoms. The van der Waals surface area contributed by atoms with Crippen molar-refractivity contribution in [1.82, 2.24) is 5.32 Å². The predicted octanol–water partition coefficient (Wildman–Crippen LogP) is 3.95. The molecule has 122 valence electrons. The molecule has 1 rings (SSSR count). The van der Waals surface area contributed by atoms with Gasteiger partial charge in [0.25, 0.3) is 0 Å². The van der Waals surface area contributed by atoms with Crippen molar-refractivity contribution in [2.24, 2.45) is 0 Å². The third kappa shape index (κ3) is 6.93. The highest BCUT2D eigenvalue weighted by molar-refractivity contribution is 9.10. The van der Waals surface area contributed by atoms with E-state index in [1.807, 2.05) is 20.8 Å². The van der Waals surface area contributed by atoms with Gasteiger partial charge in [-0.2, -0.15) is 0 Å². The highest BCUT2D eigenvalue weighted by atomic mass is 79.9. The van der Waals surface area contributed by atoms with E-state index in [1.54, 1.807) is 18.2 Å². The molecule has 0 atom stereocenters. The van der Waals surface area contributed by atoms with Crippen molar-refractivity contribution >= 4 is 28.3 Å². The molecule has 0 bridgehead atoms. The number of carbonyl (C=O) groups excluding carboxylic acids is 2. The van der Waals surface area contributed by atoms with Crippen LogP contribution in [0.5, 0.6) is 5.75 Å². The van der Waals surface area contributed by atoms with Gasteiger partial charge in [-0.05, 0) is 55.6 Å². The predicted molar refractivity (Wildman–Crippen MR) is 88.5 cm³/mol. The molecule has 1 N–H and O–H groups in total. The number of benzene rings is 1. The summed E-state index contributed by atoms with van der Waals surface area (Å²) in [5, 5.41) is 2.70. The summed E-state index contributed by atoms with van der Waals surface area (Å²) in [6.07, 6.45) is 1.94. The highest BCUT2D eigenvalue weighted by Gasteiger charge is 2.15. The van der Waals surface area contributed by atoms with Gasteiger partial charge in [-0.25, -0.2) is 4.79 Å². The van der Waals surface area contributed by atoms with Crippen molar-refractivity contribution in [1.29, 1.82) is 0 Å². The zero-order valence-corrected chi connectivity index (χ0v) is 14.7. The van der Waals surface area contributed by atoms with Crippen LogP contribution in [0.3, 0.4) is 0 Å². The lowest BCUT2D eigenvalue weighted by Crippen LogP contribution is -2.33. The maximum atomic E-state index is 11.4. The summed E-state index contributed by atoms with van der Waals surface area (Å²) in [6, 6.07) is 5.29. The standard InChI is InChI=1S/C16H22BrNO4/c1-16(2,3)22-15(20)18-9-4-5-10-21-13-8-6-7-12(11-19)14(13)17/h6-8,11H,4-5,9-10H2,1-3H3,(H,18,20). The average Bonchev–Trinajstić information content (AvgIpc) is 2.42. The molecule has 0 aliphatic heterocycles. The van der Waals surface area contributed by atoms with Gasteiger partial charge in [0.05, 0.1) is 11.1 Å². The molecule has 0 spiro atoms. The van der Waals surface area contributed by atoms with Crippen LogP contribution in [0.2, 0.25) is 0 Å². The van der Waals surface area contributed by atoms with Crippen LogP contribution in [0.15, 0.2) is 22.7 Å². The number of nitrogens with one attached hydrogen (secondary N) is 1. The summed E-state index contributed by atoms with van der Waals surface area (Å²) < 4.78 is 11.4. The molecule has 0 aliphatic rings. The molecule has 0 unspecified atom stereocenters. The van der Waals surface area contributed by atoms with Crippen molar-refractivity contribution in [2.45, 2.75) is 39.2 Å². The van der Waals surface area contributed by atoms with Crippen LogP contribution < -0.4 is 10.1 Å². The van der Waals surface area contributed by atoms with Crippen molar-refractivity contribution in [3.05, 3.63) is 28.2 Å². The largest absolute Gasteiger partial charge is 0.492 e. The number of alkyl carbamates (subject to hydrolysis) is 1. The number of halogens is 1. The summed E-state index contributed by atoms with van der Waals surface area (Å²) in [6.45, 7) is 6.52. The third-order valence-electron chi connectivity index (χ3n) is 2.62. The number of carbonyl (C=O) groups is 2. The second-order valence-electron chi connectivity index (χ2n) is 5.76. The normalized spacial score (nSPS) is 10.9. The molecule has 22 heavy (non-hydrogen) atoms. The molecule has 1 amide bonds. The van der Waals surface area contributed by atoms with Gasteiger partial charge in [0, 0.05) is 12.1 Å². The van der Waals surface area contributed by atoms with Gasteiger partial charge in [0.2, 0.25) is 0 Å². The fourth-order valence-electron chi connectivity index (χ4n) is 1.64. The zero-order valence-electron chi connectivity index (χ0n) is 13.1. The van der Waals surface area contributed by atoms with E-state index in [1.165, 1.54) is 0 Å². The van der Waals surface area contributed by atoms with E-state index in [0.717, 1.165) is 19.1 Å². The molecule has 0 aromatic heterocycles. The van der Waals surface area contributed by atoms with Gasteiger partial charge in [-0.3, -0.25) is 4.79 Å². The highest BCUT2D eigenvalue weighted by Crippen LogP contribution is 2.27. The third-order valence-corrected chi connectivity index (χ3v) is 3.47. The van der Waals surface area contributed by atoms with Crippen LogP contribution in [0, 0.1) is 0 Å². The molecule has 0 aliphatic carbocycles. The molecule has 0 fully saturated rings. The maximum Gasteiger partial charge on any atom is 0.407 e. The van der Waals surface area contributed by atoms with Crippen molar-refractivity contribution in [3.63, 3.8) is 0 Å². The van der Waals surface area contributed by atoms with Crippen molar-refractivity contribution in [2.75, 3.05) is 13.2 Å². The summed E-state index contributed by atoms with van der Waals surface area (Å²) in [7, 11) is 0. The first-order valence-electron chi connectivity index (χ1n) is 7.17. The number of amides is 1. The van der Waals surface area contributed by atoms with E-state index in [-0.39, 0.29) is 0 Å². The zero-order chi connectivity index (χ0) is 16.6. The van der Waals surface area contributed by atoms with Gasteiger partial charge < -0.3 is 14.8 Å². The molecule has 5 nitrogen and oxygen atoms in total. The summed E-state index contributed by atoms with van der Waals surface area (Å²) in [4.78, 5) is 22.2. The number of ether oxygens (including phenoxy) is 2. The van der Waals surface area contributed by atoms with Crippen LogP contribution in [0.25, 0.3) is 0 Å². The molecule has 0 heterocycles. The maximum absolute atomic E-state index is 11.4. The molecule has 1 aromatic carbocycles. The minimum absolute atomic E-state index is 0.408. The van der Waals surface area contributed by atoms with E-state index in [4.69, 9.17) is 9.47 Å². The Kier molecular flexibility index (Phi) is 7.38. The van der Waals surface area contributed by atoms with Crippen molar-refractivity contribution < 1.29 is 19.1 Å². The topological polar surface area (TPSA) is 64.6 Å². The minimum atomic E-state index is -0.483. The molecule has 0 radical (unpaired) electrons. The summed E-state index contributed by atoms with van der Waals surface area (Å²) >= 11 is 3.34. The number of hydrogen-bond donors (Lipinski definition) is 1. The molecule has 0 saturated heterocycles. The Morgan fingerprint density at radius 2 is 2.05 bits per heavy atom. The lowest BCUT2D eigenvalue weighted by atomic mass is 10.2. The minimum Gasteiger partial charge on any atom is -0.492 e. The average molecular weight is 372 g/mol. The fraction of sp³-hybridized carbons (Fsp3) is 0.500. The Bertz CT molecular complexity index is 511. The Morgan fingerprint density at radius 1 is 1.32 bits per heavy atom. The Labute approximate surface area is 139 Å². The lowest BCUT2D eigenvalue weighted by Gasteiger charge is -2.19. The number of rotatable bonds is 7. The number of hydrogen-bond acceptors (Lipinski definition) is 4. The summed E-state index contributed by atoms with van der Waals surface area (Å²) in [5.41, 5.74) is 0.0763. The second-order valence-corrected chi connectivity index (χ2v) is 6.55. The molecule has 0 saturated carbocycles. The molecule has 1 aromatic rings. The smallest absolute Gasteiger partial charge is 0.407 e. The van der Waals surface area contributed by atoms with E-state index < -0.39 is 11.7 Å². The Hall–Kier alpha value is -1.56. The Balaban J connectivity index is 2.21. The van der Waals surface area contributed by atoms with Crippen LogP contribution in [0.4, 0.5) is 4.79 Å². The van der Waals surface area contributed by atoms with E-state index in [9.17, 15) is 9.59 Å². The van der Waals surface area contributed by atoms with Gasteiger partial charge in [0.1, 0.15) is 11.4 Å². The lowest BCUT2D eigenvalue weighted by molar-refractivity contribution is 0.0526. The second kappa shape index (κ2) is 8.78. The van der Waals surface area contributed by atoms with Crippen LogP contribution >= 0.6 is 15.9 Å². The van der Waals surface area contributed by atoms with Crippen LogP contribution in [-0.4, -0.2) is 31.1 Å². The van der Waals surface area contributed by atoms with E-state index in [0.29, 0.717) is 28.9 Å². The Morgan fingerprint density at radius 3 is 2.68 bits per heavy atom. The first-order valence-corrected chi connectivity index (χ1v) is 7.96. The van der Waals surface area contributed by atoms with Crippen LogP contribution in [-0.2, 0) is 4.74 Å². The SMILES string of the molecule is CC(C)(C)OC(=O)NCCCCOc1cccc(C=O)c1Br. The number of aldehydes is 1. The van der Waals surface area contributed by atoms with Gasteiger partial charge in [-0.1, -0.05) is 12.1 Å². The van der Waals surface area contributed by atoms with Gasteiger partial charge in [-0.15, -0.1) is 0 Å². The van der Waals surface area contributed by atoms with Crippen LogP contribution in [0.1, 0.15) is 44.0 Å². The van der Waals surface area contributed by atoms with Crippen molar-refractivity contribution in [3.8, 4) is 5.75 Å². The first kappa shape index (κ1) is 18.5. The summed E-state index contributed by atoms with van der Waals surface area (Å²) in [5.74, 6) is 0.643. The molecular weight excluding hydrogens is 350 g/mol. The van der Waals surface area contributed by atoms with E-state index >= 15 is 0 Å². The fourth-order valence-corrected chi connectivity index (χ4v) is 2.12. The van der Waals surface area contributed by atoms with Gasteiger partial charge in [0.15, 0.2) is 6.29 Å². The number of unbranched alkanes of at least 4 members (excludes halogenated alkanes) is 1. The van der Waals surface area contributed by atoms with E-state index in [2.05, 4.69) is 21.2 Å².